The van der Waals surface area contributed by atoms with Gasteiger partial charge in [-0.2, -0.15) is 0 Å². The van der Waals surface area contributed by atoms with Gasteiger partial charge in [-0.15, -0.1) is 0 Å². The van der Waals surface area contributed by atoms with E-state index in [4.69, 9.17) is 37.0 Å². The molecule has 0 rings (SSSR count). The van der Waals surface area contributed by atoms with E-state index in [0.717, 1.165) is 96.3 Å². The fourth-order valence-corrected chi connectivity index (χ4v) is 11.5. The quantitative estimate of drug-likeness (QED) is 0.0222. The molecule has 0 heterocycles. The molecular weight excluding hydrogens is 1130 g/mol. The van der Waals surface area contributed by atoms with Gasteiger partial charge in [0.25, 0.3) is 0 Å². The number of rotatable bonds is 66. The highest BCUT2D eigenvalue weighted by Gasteiger charge is 2.30. The summed E-state index contributed by atoms with van der Waals surface area (Å²) in [5.41, 5.74) is 0. The van der Waals surface area contributed by atoms with E-state index in [-0.39, 0.29) is 25.7 Å². The number of carbonyl (C=O) groups excluding carboxylic acids is 4. The number of esters is 4. The minimum Gasteiger partial charge on any atom is -0.462 e. The van der Waals surface area contributed by atoms with Crippen LogP contribution in [0.3, 0.4) is 0 Å². The average Bonchev–Trinajstić information content (AvgIpc) is 3.63. The Kier molecular flexibility index (Phi) is 58.3. The topological polar surface area (TPSA) is 237 Å². The van der Waals surface area contributed by atoms with Gasteiger partial charge in [-0.25, -0.2) is 9.13 Å². The first-order chi connectivity index (χ1) is 41.0. The lowest BCUT2D eigenvalue weighted by Crippen LogP contribution is -2.30. The van der Waals surface area contributed by atoms with Crippen molar-refractivity contribution < 1.29 is 80.2 Å². The summed E-state index contributed by atoms with van der Waals surface area (Å²) >= 11 is 0. The third-order valence-corrected chi connectivity index (χ3v) is 17.2. The number of hydrogen-bond donors (Lipinski definition) is 3. The number of ether oxygens (including phenoxy) is 4. The first kappa shape index (κ1) is 83.1. The molecule has 85 heavy (non-hydrogen) atoms. The molecule has 0 aromatic heterocycles. The maximum atomic E-state index is 13.0. The first-order valence-corrected chi connectivity index (χ1v) is 37.6. The zero-order chi connectivity index (χ0) is 62.8. The zero-order valence-corrected chi connectivity index (χ0v) is 56.5. The van der Waals surface area contributed by atoms with E-state index in [0.29, 0.717) is 31.6 Å². The fourth-order valence-electron chi connectivity index (χ4n) is 9.94. The summed E-state index contributed by atoms with van der Waals surface area (Å²) in [7, 11) is -9.89. The van der Waals surface area contributed by atoms with Gasteiger partial charge in [0.15, 0.2) is 12.2 Å². The summed E-state index contributed by atoms with van der Waals surface area (Å²) in [5.74, 6) is -1.46. The van der Waals surface area contributed by atoms with Crippen molar-refractivity contribution in [3.05, 3.63) is 0 Å². The number of carbonyl (C=O) groups is 4. The molecule has 3 N–H and O–H groups in total. The molecule has 0 radical (unpaired) electrons. The SMILES string of the molecule is CCCCCCCCCCCCCCCCCCC(=O)O[C@H](COC(=O)CCCCCCCCCCCCCC)COP(=O)(O)OC[C@@H](O)COP(=O)(O)OC[C@@H](COC(=O)CCCCCCCCCC)OC(=O)CCCCCCCCC(C)C. The summed E-state index contributed by atoms with van der Waals surface area (Å²) in [5, 5.41) is 10.5. The van der Waals surface area contributed by atoms with Crippen LogP contribution in [0.25, 0.3) is 0 Å². The Morgan fingerprint density at radius 3 is 0.800 bits per heavy atom. The molecule has 0 aliphatic carbocycles. The highest BCUT2D eigenvalue weighted by Crippen LogP contribution is 2.45. The maximum Gasteiger partial charge on any atom is 0.472 e. The van der Waals surface area contributed by atoms with Crippen LogP contribution in [0.15, 0.2) is 0 Å². The van der Waals surface area contributed by atoms with Gasteiger partial charge >= 0.3 is 39.5 Å². The minimum atomic E-state index is -4.95. The second kappa shape index (κ2) is 59.7. The van der Waals surface area contributed by atoms with Crippen molar-refractivity contribution in [2.45, 2.75) is 355 Å². The summed E-state index contributed by atoms with van der Waals surface area (Å²) in [6.07, 6.45) is 44.6. The van der Waals surface area contributed by atoms with Gasteiger partial charge in [-0.3, -0.25) is 37.3 Å². The van der Waals surface area contributed by atoms with Crippen molar-refractivity contribution >= 4 is 39.5 Å². The van der Waals surface area contributed by atoms with E-state index in [1.165, 1.54) is 154 Å². The van der Waals surface area contributed by atoms with Crippen LogP contribution in [0.2, 0.25) is 0 Å². The highest BCUT2D eigenvalue weighted by atomic mass is 31.2. The van der Waals surface area contributed by atoms with E-state index < -0.39 is 97.5 Å². The monoisotopic (exact) mass is 1250 g/mol. The second-order valence-corrected chi connectivity index (χ2v) is 27.2. The lowest BCUT2D eigenvalue weighted by atomic mass is 10.0. The van der Waals surface area contributed by atoms with Gasteiger partial charge in [-0.1, -0.05) is 285 Å². The van der Waals surface area contributed by atoms with Gasteiger partial charge in [0.2, 0.25) is 0 Å². The maximum absolute atomic E-state index is 13.0. The van der Waals surface area contributed by atoms with Crippen LogP contribution in [-0.2, 0) is 65.4 Å². The molecule has 5 atom stereocenters. The van der Waals surface area contributed by atoms with Gasteiger partial charge in [0.1, 0.15) is 19.3 Å². The van der Waals surface area contributed by atoms with Crippen LogP contribution in [0.5, 0.6) is 0 Å². The molecule has 0 aromatic carbocycles. The van der Waals surface area contributed by atoms with E-state index in [1.807, 2.05) is 0 Å². The summed E-state index contributed by atoms with van der Waals surface area (Å²) in [4.78, 5) is 72.2. The Balaban J connectivity index is 5.20. The summed E-state index contributed by atoms with van der Waals surface area (Å²) in [6, 6.07) is 0. The third-order valence-electron chi connectivity index (χ3n) is 15.3. The largest absolute Gasteiger partial charge is 0.472 e. The molecule has 0 saturated carbocycles. The van der Waals surface area contributed by atoms with Crippen LogP contribution < -0.4 is 0 Å². The van der Waals surface area contributed by atoms with Crippen molar-refractivity contribution in [3.63, 3.8) is 0 Å². The Bertz CT molecular complexity index is 1650. The predicted molar refractivity (Wildman–Crippen MR) is 340 cm³/mol. The van der Waals surface area contributed by atoms with E-state index in [1.54, 1.807) is 0 Å². The van der Waals surface area contributed by atoms with Crippen molar-refractivity contribution in [1.29, 1.82) is 0 Å². The zero-order valence-electron chi connectivity index (χ0n) is 54.7. The Morgan fingerprint density at radius 2 is 0.541 bits per heavy atom. The van der Waals surface area contributed by atoms with Crippen LogP contribution >= 0.6 is 15.6 Å². The van der Waals surface area contributed by atoms with Gasteiger partial charge in [0.05, 0.1) is 26.4 Å². The third kappa shape index (κ3) is 60.7. The fraction of sp³-hybridized carbons (Fsp3) is 0.939. The molecule has 0 spiro atoms. The smallest absolute Gasteiger partial charge is 0.462 e. The predicted octanol–water partition coefficient (Wildman–Crippen LogP) is 18.6. The molecule has 0 saturated heterocycles. The molecule has 0 aromatic rings. The number of phosphoric ester groups is 2. The number of aliphatic hydroxyl groups excluding tert-OH is 1. The number of hydrogen-bond acceptors (Lipinski definition) is 15. The lowest BCUT2D eigenvalue weighted by Gasteiger charge is -2.21. The molecule has 0 bridgehead atoms. The van der Waals surface area contributed by atoms with Gasteiger partial charge in [-0.05, 0) is 31.6 Å². The normalized spacial score (nSPS) is 14.2. The molecule has 0 aliphatic rings. The van der Waals surface area contributed by atoms with Crippen LogP contribution in [-0.4, -0.2) is 96.7 Å². The van der Waals surface area contributed by atoms with Crippen molar-refractivity contribution in [2.24, 2.45) is 5.92 Å². The van der Waals surface area contributed by atoms with Gasteiger partial charge < -0.3 is 33.8 Å². The molecule has 0 aliphatic heterocycles. The molecule has 0 fully saturated rings. The van der Waals surface area contributed by atoms with E-state index >= 15 is 0 Å². The second-order valence-electron chi connectivity index (χ2n) is 24.3. The van der Waals surface area contributed by atoms with E-state index in [9.17, 15) is 43.2 Å². The lowest BCUT2D eigenvalue weighted by molar-refractivity contribution is -0.161. The molecule has 19 heteroatoms. The number of unbranched alkanes of at least 4 members (excludes halogenated alkanes) is 38. The molecule has 0 amide bonds. The molecule has 17 nitrogen and oxygen atoms in total. The Hall–Kier alpha value is -1.94. The summed E-state index contributed by atoms with van der Waals surface area (Å²) < 4.78 is 68.0. The highest BCUT2D eigenvalue weighted by molar-refractivity contribution is 7.47. The number of phosphoric acid groups is 2. The van der Waals surface area contributed by atoms with Crippen molar-refractivity contribution in [2.75, 3.05) is 39.6 Å². The standard InChI is InChI=1S/C66H128O17P2/c1-6-9-12-15-18-21-23-25-26-27-28-30-32-35-41-46-51-65(70)82-61(55-77-64(69)50-45-40-34-31-29-24-22-19-16-13-10-7-2)57-80-84(72,73)78-53-60(67)54-79-85(74,75)81-58-62(56-76-63(68)49-44-39-33-20-17-14-11-8-3)83-66(71)52-47-42-37-36-38-43-48-59(4)5/h59-62,67H,6-58H2,1-5H3,(H,72,73)(H,74,75)/t60-,61-,62-/m1/s1. The number of aliphatic hydroxyl groups is 1. The minimum absolute atomic E-state index is 0.102. The van der Waals surface area contributed by atoms with Gasteiger partial charge in [0, 0.05) is 25.7 Å². The first-order valence-electron chi connectivity index (χ1n) is 34.6. The Labute approximate surface area is 517 Å². The van der Waals surface area contributed by atoms with Crippen molar-refractivity contribution in [1.82, 2.24) is 0 Å². The molecule has 504 valence electrons. The average molecular weight is 1260 g/mol. The van der Waals surface area contributed by atoms with Crippen LogP contribution in [0.4, 0.5) is 0 Å². The summed E-state index contributed by atoms with van der Waals surface area (Å²) in [6.45, 7) is 7.10. The van der Waals surface area contributed by atoms with E-state index in [2.05, 4.69) is 34.6 Å². The Morgan fingerprint density at radius 1 is 0.318 bits per heavy atom. The molecular formula is C66H128O17P2. The van der Waals surface area contributed by atoms with Crippen LogP contribution in [0, 0.1) is 5.92 Å². The van der Waals surface area contributed by atoms with Crippen molar-refractivity contribution in [3.8, 4) is 0 Å². The molecule has 2 unspecified atom stereocenters. The van der Waals surface area contributed by atoms with Crippen LogP contribution in [0.1, 0.15) is 336 Å².